The smallest absolute Gasteiger partial charge is 0.257 e. The van der Waals surface area contributed by atoms with Crippen molar-refractivity contribution in [3.63, 3.8) is 0 Å². The van der Waals surface area contributed by atoms with Gasteiger partial charge in [0.15, 0.2) is 0 Å². The Balaban J connectivity index is 1.42. The summed E-state index contributed by atoms with van der Waals surface area (Å²) in [6, 6.07) is 7.46. The molecule has 2 saturated heterocycles. The van der Waals surface area contributed by atoms with Gasteiger partial charge in [-0.15, -0.1) is 0 Å². The molecule has 2 aliphatic rings. The van der Waals surface area contributed by atoms with Crippen LogP contribution in [-0.4, -0.2) is 95.3 Å². The predicted molar refractivity (Wildman–Crippen MR) is 122 cm³/mol. The van der Waals surface area contributed by atoms with Gasteiger partial charge in [0.05, 0.1) is 42.9 Å². The minimum Gasteiger partial charge on any atom is -0.379 e. The molecule has 8 nitrogen and oxygen atoms in total. The molecule has 9 heteroatoms. The summed E-state index contributed by atoms with van der Waals surface area (Å²) in [5.41, 5.74) is 2.30. The molecule has 1 aromatic heterocycles. The van der Waals surface area contributed by atoms with E-state index in [2.05, 4.69) is 23.8 Å². The zero-order valence-corrected chi connectivity index (χ0v) is 19.4. The van der Waals surface area contributed by atoms with E-state index in [-0.39, 0.29) is 17.7 Å². The maximum Gasteiger partial charge on any atom is 0.257 e. The van der Waals surface area contributed by atoms with E-state index in [1.807, 2.05) is 34.1 Å². The van der Waals surface area contributed by atoms with Gasteiger partial charge in [-0.25, -0.2) is 4.68 Å². The molecule has 0 unspecified atom stereocenters. The number of aromatic nitrogens is 2. The molecule has 0 aliphatic carbocycles. The van der Waals surface area contributed by atoms with Gasteiger partial charge in [-0.1, -0.05) is 31.5 Å². The summed E-state index contributed by atoms with van der Waals surface area (Å²) < 4.78 is 7.14. The SMILES string of the molecule is CC(C)c1c(C(=O)N2CCN(C(=O)CN3CCOCC3)CC2)cnn1-c1cccc(Cl)c1. The van der Waals surface area contributed by atoms with Gasteiger partial charge in [0, 0.05) is 44.3 Å². The summed E-state index contributed by atoms with van der Waals surface area (Å²) in [4.78, 5) is 31.8. The van der Waals surface area contributed by atoms with Crippen molar-refractivity contribution < 1.29 is 14.3 Å². The number of piperazine rings is 1. The molecule has 0 bridgehead atoms. The van der Waals surface area contributed by atoms with Crippen LogP contribution in [0.15, 0.2) is 30.5 Å². The minimum absolute atomic E-state index is 0.0396. The lowest BCUT2D eigenvalue weighted by atomic mass is 10.0. The molecule has 4 rings (SSSR count). The third-order valence-electron chi connectivity index (χ3n) is 6.02. The highest BCUT2D eigenvalue weighted by Crippen LogP contribution is 2.26. The lowest BCUT2D eigenvalue weighted by Gasteiger charge is -2.36. The van der Waals surface area contributed by atoms with Crippen LogP contribution in [0.25, 0.3) is 5.69 Å². The van der Waals surface area contributed by atoms with E-state index in [9.17, 15) is 9.59 Å². The number of carbonyl (C=O) groups excluding carboxylic acids is 2. The molecule has 32 heavy (non-hydrogen) atoms. The van der Waals surface area contributed by atoms with Gasteiger partial charge in [0.2, 0.25) is 5.91 Å². The predicted octanol–water partition coefficient (Wildman–Crippen LogP) is 2.27. The molecule has 172 valence electrons. The Morgan fingerprint density at radius 1 is 1.06 bits per heavy atom. The Kier molecular flexibility index (Phi) is 7.13. The summed E-state index contributed by atoms with van der Waals surface area (Å²) >= 11 is 6.16. The molecule has 2 aromatic rings. The molecule has 0 saturated carbocycles. The second-order valence-electron chi connectivity index (χ2n) is 8.55. The van der Waals surface area contributed by atoms with Crippen molar-refractivity contribution in [3.8, 4) is 5.69 Å². The zero-order chi connectivity index (χ0) is 22.7. The van der Waals surface area contributed by atoms with Gasteiger partial charge >= 0.3 is 0 Å². The van der Waals surface area contributed by atoms with Crippen LogP contribution in [-0.2, 0) is 9.53 Å². The molecule has 2 amide bonds. The molecule has 2 aliphatic heterocycles. The van der Waals surface area contributed by atoms with Crippen molar-refractivity contribution in [1.82, 2.24) is 24.5 Å². The number of amides is 2. The molecule has 0 radical (unpaired) electrons. The number of hydrogen-bond donors (Lipinski definition) is 0. The number of halogens is 1. The molecule has 0 spiro atoms. The van der Waals surface area contributed by atoms with Gasteiger partial charge in [-0.3, -0.25) is 14.5 Å². The second-order valence-corrected chi connectivity index (χ2v) is 8.99. The Labute approximate surface area is 193 Å². The number of benzene rings is 1. The molecular formula is C23H30ClN5O3. The van der Waals surface area contributed by atoms with Crippen LogP contribution >= 0.6 is 11.6 Å². The van der Waals surface area contributed by atoms with E-state index < -0.39 is 0 Å². The second kappa shape index (κ2) is 10.0. The highest BCUT2D eigenvalue weighted by Gasteiger charge is 2.29. The molecular weight excluding hydrogens is 430 g/mol. The normalized spacial score (nSPS) is 17.8. The van der Waals surface area contributed by atoms with Crippen LogP contribution in [0.5, 0.6) is 0 Å². The summed E-state index contributed by atoms with van der Waals surface area (Å²) in [5, 5.41) is 5.13. The van der Waals surface area contributed by atoms with Gasteiger partial charge in [-0.2, -0.15) is 5.10 Å². The monoisotopic (exact) mass is 459 g/mol. The van der Waals surface area contributed by atoms with Crippen LogP contribution in [0.4, 0.5) is 0 Å². The Morgan fingerprint density at radius 2 is 1.75 bits per heavy atom. The van der Waals surface area contributed by atoms with E-state index in [0.29, 0.717) is 56.5 Å². The van der Waals surface area contributed by atoms with Crippen LogP contribution < -0.4 is 0 Å². The fourth-order valence-corrected chi connectivity index (χ4v) is 4.46. The largest absolute Gasteiger partial charge is 0.379 e. The van der Waals surface area contributed by atoms with Crippen molar-refractivity contribution in [3.05, 3.63) is 46.7 Å². The van der Waals surface area contributed by atoms with Gasteiger partial charge in [-0.05, 0) is 24.1 Å². The Bertz CT molecular complexity index is 962. The highest BCUT2D eigenvalue weighted by atomic mass is 35.5. The zero-order valence-electron chi connectivity index (χ0n) is 18.7. The third-order valence-corrected chi connectivity index (χ3v) is 6.25. The van der Waals surface area contributed by atoms with Crippen molar-refractivity contribution in [2.45, 2.75) is 19.8 Å². The van der Waals surface area contributed by atoms with Crippen molar-refractivity contribution in [2.75, 3.05) is 59.0 Å². The Hall–Kier alpha value is -2.42. The number of hydrogen-bond acceptors (Lipinski definition) is 5. The standard InChI is InChI=1S/C23H30ClN5O3/c1-17(2)22-20(15-25-29(22)19-5-3-4-18(24)14-19)23(31)28-8-6-27(7-9-28)21(30)16-26-10-12-32-13-11-26/h3-5,14-15,17H,6-13,16H2,1-2H3. The first-order chi connectivity index (χ1) is 15.4. The lowest BCUT2D eigenvalue weighted by molar-refractivity contribution is -0.134. The highest BCUT2D eigenvalue weighted by molar-refractivity contribution is 6.30. The van der Waals surface area contributed by atoms with E-state index in [1.165, 1.54) is 0 Å². The maximum atomic E-state index is 13.4. The number of carbonyl (C=O) groups is 2. The van der Waals surface area contributed by atoms with Crippen LogP contribution in [0.1, 0.15) is 35.8 Å². The maximum absolute atomic E-state index is 13.4. The average molecular weight is 460 g/mol. The molecule has 1 aromatic carbocycles. The molecule has 0 N–H and O–H groups in total. The van der Waals surface area contributed by atoms with E-state index >= 15 is 0 Å². The first-order valence-corrected chi connectivity index (χ1v) is 11.5. The summed E-state index contributed by atoms with van der Waals surface area (Å²) in [5.74, 6) is 0.185. The van der Waals surface area contributed by atoms with E-state index in [4.69, 9.17) is 16.3 Å². The van der Waals surface area contributed by atoms with Crippen molar-refractivity contribution >= 4 is 23.4 Å². The van der Waals surface area contributed by atoms with E-state index in [1.54, 1.807) is 10.9 Å². The van der Waals surface area contributed by atoms with E-state index in [0.717, 1.165) is 24.5 Å². The lowest BCUT2D eigenvalue weighted by Crippen LogP contribution is -2.53. The molecule has 3 heterocycles. The average Bonchev–Trinajstić information content (AvgIpc) is 3.25. The fourth-order valence-electron chi connectivity index (χ4n) is 4.27. The summed E-state index contributed by atoms with van der Waals surface area (Å²) in [6.07, 6.45) is 1.65. The van der Waals surface area contributed by atoms with Crippen LogP contribution in [0.2, 0.25) is 5.02 Å². The molecule has 2 fully saturated rings. The van der Waals surface area contributed by atoms with Gasteiger partial charge in [0.1, 0.15) is 0 Å². The topological polar surface area (TPSA) is 70.9 Å². The van der Waals surface area contributed by atoms with Crippen molar-refractivity contribution in [2.24, 2.45) is 0 Å². The summed E-state index contributed by atoms with van der Waals surface area (Å²) in [6.45, 7) is 9.60. The number of ether oxygens (including phenoxy) is 1. The van der Waals surface area contributed by atoms with Gasteiger partial charge < -0.3 is 14.5 Å². The summed E-state index contributed by atoms with van der Waals surface area (Å²) in [7, 11) is 0. The third kappa shape index (κ3) is 4.98. The molecule has 0 atom stereocenters. The minimum atomic E-state index is -0.0396. The van der Waals surface area contributed by atoms with Crippen LogP contribution in [0.3, 0.4) is 0 Å². The first kappa shape index (κ1) is 22.8. The van der Waals surface area contributed by atoms with Crippen LogP contribution in [0, 0.1) is 0 Å². The van der Waals surface area contributed by atoms with Gasteiger partial charge in [0.25, 0.3) is 5.91 Å². The number of rotatable bonds is 5. The number of nitrogens with zero attached hydrogens (tertiary/aromatic N) is 5. The number of morpholine rings is 1. The fraction of sp³-hybridized carbons (Fsp3) is 0.522. The first-order valence-electron chi connectivity index (χ1n) is 11.1. The van der Waals surface area contributed by atoms with Crippen molar-refractivity contribution in [1.29, 1.82) is 0 Å². The Morgan fingerprint density at radius 3 is 2.41 bits per heavy atom. The quantitative estimate of drug-likeness (QED) is 0.686.